The van der Waals surface area contributed by atoms with Gasteiger partial charge in [-0.25, -0.2) is 0 Å². The Morgan fingerprint density at radius 1 is 0.958 bits per heavy atom. The summed E-state index contributed by atoms with van der Waals surface area (Å²) in [6.45, 7) is 2.81. The van der Waals surface area contributed by atoms with Crippen molar-refractivity contribution in [1.29, 1.82) is 0 Å². The lowest BCUT2D eigenvalue weighted by Crippen LogP contribution is -2.42. The molecule has 0 aromatic heterocycles. The Kier molecular flexibility index (Phi) is 15.6. The van der Waals surface area contributed by atoms with Crippen molar-refractivity contribution < 1.29 is 28.8 Å². The smallest absolute Gasteiger partial charge is 0.265 e. The molecule has 24 heavy (non-hydrogen) atoms. The van der Waals surface area contributed by atoms with Gasteiger partial charge in [0.1, 0.15) is 12.6 Å². The molecule has 2 atom stereocenters. The molecular formula is C17H40NO5P. The Morgan fingerprint density at radius 3 is 1.75 bits per heavy atom. The van der Waals surface area contributed by atoms with E-state index in [1.807, 2.05) is 21.1 Å². The van der Waals surface area contributed by atoms with Crippen molar-refractivity contribution in [3.05, 3.63) is 0 Å². The topological polar surface area (TPSA) is 101 Å². The summed E-state index contributed by atoms with van der Waals surface area (Å²) >= 11 is 0. The number of hydrogen-bond donors (Lipinski definition) is 1. The van der Waals surface area contributed by atoms with Crippen LogP contribution >= 0.6 is 7.82 Å². The van der Waals surface area contributed by atoms with Crippen LogP contribution in [0.3, 0.4) is 0 Å². The van der Waals surface area contributed by atoms with Crippen molar-refractivity contribution in [2.24, 2.45) is 0 Å². The maximum absolute atomic E-state index is 11.0. The molecule has 0 aliphatic heterocycles. The van der Waals surface area contributed by atoms with Gasteiger partial charge in [0, 0.05) is 0 Å². The summed E-state index contributed by atoms with van der Waals surface area (Å²) < 4.78 is 16.4. The Bertz CT molecular complexity index is 327. The van der Waals surface area contributed by atoms with Crippen LogP contribution in [0, 0.1) is 0 Å². The van der Waals surface area contributed by atoms with Crippen LogP contribution in [0.25, 0.3) is 0 Å². The monoisotopic (exact) mass is 369 g/mol. The zero-order valence-electron chi connectivity index (χ0n) is 16.1. The van der Waals surface area contributed by atoms with Crippen LogP contribution in [0.4, 0.5) is 0 Å². The molecule has 0 heterocycles. The fourth-order valence-electron chi connectivity index (χ4n) is 2.84. The number of likely N-dealkylation sites (N-methyl/N-ethyl adjacent to an activating group) is 1. The third-order valence-corrected chi connectivity index (χ3v) is 4.48. The predicted octanol–water partition coefficient (Wildman–Crippen LogP) is 3.02. The van der Waals surface area contributed by atoms with Gasteiger partial charge in [0.15, 0.2) is 0 Å². The number of quaternary nitrogens is 1. The first-order valence-corrected chi connectivity index (χ1v) is 10.7. The third kappa shape index (κ3) is 20.1. The summed E-state index contributed by atoms with van der Waals surface area (Å²) in [5.74, 6) is 0. The molecular weight excluding hydrogens is 329 g/mol. The van der Waals surface area contributed by atoms with Gasteiger partial charge in [-0.3, -0.25) is 4.57 Å². The van der Waals surface area contributed by atoms with Crippen LogP contribution in [0.5, 0.6) is 0 Å². The molecule has 0 aliphatic carbocycles. The van der Waals surface area contributed by atoms with Crippen LogP contribution in [-0.2, 0) is 9.09 Å². The van der Waals surface area contributed by atoms with E-state index in [1.165, 1.54) is 51.4 Å². The highest BCUT2D eigenvalue weighted by atomic mass is 31.2. The van der Waals surface area contributed by atoms with E-state index in [2.05, 4.69) is 6.92 Å². The largest absolute Gasteiger partial charge is 0.756 e. The van der Waals surface area contributed by atoms with Crippen LogP contribution in [0.1, 0.15) is 77.6 Å². The Labute approximate surface area is 148 Å². The molecule has 0 aromatic carbocycles. The number of nitrogens with zero attached hydrogens (tertiary/aromatic N) is 1. The van der Waals surface area contributed by atoms with Gasteiger partial charge < -0.3 is 24.3 Å². The van der Waals surface area contributed by atoms with Crippen LogP contribution in [-0.4, -0.2) is 48.6 Å². The summed E-state index contributed by atoms with van der Waals surface area (Å²) in [6.07, 6.45) is 12.7. The Hall–Kier alpha value is 0.0300. The molecule has 6 nitrogen and oxygen atoms in total. The van der Waals surface area contributed by atoms with Crippen molar-refractivity contribution in [3.8, 4) is 0 Å². The molecule has 0 aliphatic rings. The lowest BCUT2D eigenvalue weighted by Gasteiger charge is -2.31. The van der Waals surface area contributed by atoms with Gasteiger partial charge in [0.2, 0.25) is 0 Å². The summed E-state index contributed by atoms with van der Waals surface area (Å²) in [7, 11) is 1.32. The van der Waals surface area contributed by atoms with E-state index in [9.17, 15) is 9.46 Å². The Morgan fingerprint density at radius 2 is 1.38 bits per heavy atom. The number of hydrogen-bond acceptors (Lipinski definition) is 3. The van der Waals surface area contributed by atoms with E-state index in [1.54, 1.807) is 0 Å². The van der Waals surface area contributed by atoms with Gasteiger partial charge in [-0.2, -0.15) is 0 Å². The number of phosphoric ester groups is 1. The normalized spacial score (nSPS) is 15.6. The second kappa shape index (κ2) is 14.2. The van der Waals surface area contributed by atoms with Crippen LogP contribution < -0.4 is 4.89 Å². The molecule has 0 amide bonds. The lowest BCUT2D eigenvalue weighted by molar-refractivity contribution is -0.873. The van der Waals surface area contributed by atoms with Gasteiger partial charge in [0.05, 0.1) is 21.1 Å². The SMILES string of the molecule is CCCCCCCCCCCCC(C[N+](C)(C)C)OP(=O)([O-])O.O. The Balaban J connectivity index is 0. The van der Waals surface area contributed by atoms with Crippen molar-refractivity contribution in [2.45, 2.75) is 83.7 Å². The van der Waals surface area contributed by atoms with Gasteiger partial charge in [-0.15, -0.1) is 0 Å². The molecule has 0 aromatic rings. The number of unbranched alkanes of at least 4 members (excludes halogenated alkanes) is 9. The molecule has 0 rings (SSSR count). The molecule has 0 saturated heterocycles. The first-order chi connectivity index (χ1) is 10.6. The maximum Gasteiger partial charge on any atom is 0.265 e. The molecule has 0 spiro atoms. The third-order valence-electron chi connectivity index (χ3n) is 3.91. The zero-order chi connectivity index (χ0) is 17.8. The summed E-state index contributed by atoms with van der Waals surface area (Å²) in [6, 6.07) is 0. The van der Waals surface area contributed by atoms with E-state index in [0.29, 0.717) is 17.4 Å². The van der Waals surface area contributed by atoms with E-state index >= 15 is 0 Å². The van der Waals surface area contributed by atoms with Gasteiger partial charge >= 0.3 is 0 Å². The fraction of sp³-hybridized carbons (Fsp3) is 1.00. The van der Waals surface area contributed by atoms with Crippen LogP contribution in [0.15, 0.2) is 0 Å². The van der Waals surface area contributed by atoms with Crippen molar-refractivity contribution in [2.75, 3.05) is 27.7 Å². The van der Waals surface area contributed by atoms with Crippen LogP contribution in [0.2, 0.25) is 0 Å². The molecule has 2 unspecified atom stereocenters. The molecule has 148 valence electrons. The molecule has 0 radical (unpaired) electrons. The first-order valence-electron chi connectivity index (χ1n) is 9.16. The van der Waals surface area contributed by atoms with Gasteiger partial charge in [-0.1, -0.05) is 71.1 Å². The molecule has 3 N–H and O–H groups in total. The fourth-order valence-corrected chi connectivity index (χ4v) is 3.38. The van der Waals surface area contributed by atoms with Gasteiger partial charge in [-0.05, 0) is 6.42 Å². The highest BCUT2D eigenvalue weighted by molar-refractivity contribution is 7.44. The van der Waals surface area contributed by atoms with Crippen molar-refractivity contribution >= 4 is 7.82 Å². The summed E-state index contributed by atoms with van der Waals surface area (Å²) in [4.78, 5) is 19.9. The van der Waals surface area contributed by atoms with E-state index in [0.717, 1.165) is 12.8 Å². The molecule has 7 heteroatoms. The molecule has 0 bridgehead atoms. The average molecular weight is 369 g/mol. The highest BCUT2D eigenvalue weighted by Gasteiger charge is 2.22. The number of phosphoric acid groups is 1. The predicted molar refractivity (Wildman–Crippen MR) is 97.7 cm³/mol. The molecule has 0 saturated carbocycles. The minimum Gasteiger partial charge on any atom is -0.756 e. The average Bonchev–Trinajstić information content (AvgIpc) is 2.37. The van der Waals surface area contributed by atoms with E-state index < -0.39 is 13.9 Å². The number of rotatable bonds is 15. The zero-order valence-corrected chi connectivity index (χ0v) is 17.0. The minimum absolute atomic E-state index is 0. The lowest BCUT2D eigenvalue weighted by atomic mass is 10.0. The second-order valence-electron chi connectivity index (χ2n) is 7.64. The van der Waals surface area contributed by atoms with E-state index in [-0.39, 0.29) is 5.48 Å². The van der Waals surface area contributed by atoms with Crippen molar-refractivity contribution in [3.63, 3.8) is 0 Å². The quantitative estimate of drug-likeness (QED) is 0.272. The summed E-state index contributed by atoms with van der Waals surface area (Å²) in [5.41, 5.74) is 0. The van der Waals surface area contributed by atoms with Gasteiger partial charge in [0.25, 0.3) is 7.82 Å². The maximum atomic E-state index is 11.0. The summed E-state index contributed by atoms with van der Waals surface area (Å²) in [5, 5.41) is 0. The molecule has 0 fully saturated rings. The van der Waals surface area contributed by atoms with Crippen molar-refractivity contribution in [1.82, 2.24) is 0 Å². The highest BCUT2D eigenvalue weighted by Crippen LogP contribution is 2.34. The standard InChI is InChI=1S/C17H38NO4P.H2O/c1-5-6-7-8-9-10-11-12-13-14-15-17(16-18(2,3)4)22-23(19,20)21;/h17H,5-16H2,1-4H3,(H-,19,20,21);1H2. The first kappa shape index (κ1) is 26.3. The van der Waals surface area contributed by atoms with E-state index in [4.69, 9.17) is 9.42 Å². The second-order valence-corrected chi connectivity index (χ2v) is 8.79. The minimum atomic E-state index is -4.65.